The molecule has 1 aliphatic heterocycles. The highest BCUT2D eigenvalue weighted by atomic mass is 35.5. The van der Waals surface area contributed by atoms with Crippen molar-refractivity contribution in [3.63, 3.8) is 0 Å². The van der Waals surface area contributed by atoms with Gasteiger partial charge in [-0.3, -0.25) is 9.59 Å². The Kier molecular flexibility index (Phi) is 4.47. The molecule has 1 N–H and O–H groups in total. The lowest BCUT2D eigenvalue weighted by atomic mass is 9.93. The van der Waals surface area contributed by atoms with Gasteiger partial charge in [0.15, 0.2) is 11.0 Å². The summed E-state index contributed by atoms with van der Waals surface area (Å²) in [7, 11) is 0. The molecule has 1 saturated heterocycles. The minimum atomic E-state index is -0.790. The Balaban J connectivity index is 1.93. The van der Waals surface area contributed by atoms with Crippen LogP contribution in [0.2, 0.25) is 5.22 Å². The van der Waals surface area contributed by atoms with Crippen molar-refractivity contribution in [2.75, 3.05) is 13.1 Å². The summed E-state index contributed by atoms with van der Waals surface area (Å²) in [6, 6.07) is 3.10. The number of carboxylic acids is 1. The lowest BCUT2D eigenvalue weighted by molar-refractivity contribution is -0.137. The van der Waals surface area contributed by atoms with Crippen LogP contribution < -0.4 is 0 Å². The molecule has 1 fully saturated rings. The molecule has 0 saturated carbocycles. The van der Waals surface area contributed by atoms with Gasteiger partial charge in [-0.05, 0) is 48.9 Å². The van der Waals surface area contributed by atoms with Gasteiger partial charge in [0.1, 0.15) is 0 Å². The second-order valence-corrected chi connectivity index (χ2v) is 5.17. The van der Waals surface area contributed by atoms with Crippen molar-refractivity contribution in [2.45, 2.75) is 25.7 Å². The van der Waals surface area contributed by atoms with Gasteiger partial charge in [0.05, 0.1) is 0 Å². The number of carbonyl (C=O) groups excluding carboxylic acids is 1. The Labute approximate surface area is 116 Å². The van der Waals surface area contributed by atoms with E-state index in [0.29, 0.717) is 19.5 Å². The predicted octanol–water partition coefficient (Wildman–Crippen LogP) is 2.65. The summed E-state index contributed by atoms with van der Waals surface area (Å²) in [6.45, 7) is 1.27. The van der Waals surface area contributed by atoms with Crippen LogP contribution in [0.25, 0.3) is 0 Å². The van der Waals surface area contributed by atoms with Crippen molar-refractivity contribution in [3.05, 3.63) is 23.1 Å². The highest BCUT2D eigenvalue weighted by molar-refractivity contribution is 6.29. The van der Waals surface area contributed by atoms with Crippen LogP contribution in [-0.2, 0) is 4.79 Å². The fourth-order valence-electron chi connectivity index (χ4n) is 2.40. The van der Waals surface area contributed by atoms with E-state index in [-0.39, 0.29) is 29.2 Å². The largest absolute Gasteiger partial charge is 0.481 e. The summed E-state index contributed by atoms with van der Waals surface area (Å²) >= 11 is 5.65. The van der Waals surface area contributed by atoms with Crippen molar-refractivity contribution in [3.8, 4) is 0 Å². The van der Waals surface area contributed by atoms with Crippen LogP contribution in [0.4, 0.5) is 0 Å². The van der Waals surface area contributed by atoms with Crippen LogP contribution in [0.5, 0.6) is 0 Å². The van der Waals surface area contributed by atoms with Crippen molar-refractivity contribution < 1.29 is 19.1 Å². The number of likely N-dealkylation sites (tertiary alicyclic amines) is 1. The van der Waals surface area contributed by atoms with Gasteiger partial charge in [-0.1, -0.05) is 0 Å². The van der Waals surface area contributed by atoms with E-state index < -0.39 is 5.97 Å². The van der Waals surface area contributed by atoms with Crippen LogP contribution in [0.15, 0.2) is 16.5 Å². The third-order valence-electron chi connectivity index (χ3n) is 3.36. The zero-order chi connectivity index (χ0) is 13.8. The normalized spacial score (nSPS) is 19.4. The second kappa shape index (κ2) is 6.10. The molecule has 0 radical (unpaired) electrons. The molecule has 0 aromatic carbocycles. The molecular weight excluding hydrogens is 270 g/mol. The molecule has 1 aromatic heterocycles. The SMILES string of the molecule is O=C(O)CC[C@@H]1CCCN(C(=O)c2ccc(Cl)o2)C1. The van der Waals surface area contributed by atoms with Gasteiger partial charge in [-0.2, -0.15) is 0 Å². The average Bonchev–Trinajstić information content (AvgIpc) is 2.82. The molecule has 1 amide bonds. The summed E-state index contributed by atoms with van der Waals surface area (Å²) in [4.78, 5) is 24.4. The standard InChI is InChI=1S/C13H16ClNO4/c14-11-5-4-10(19-11)13(18)15-7-1-2-9(8-15)3-6-12(16)17/h4-5,9H,1-3,6-8H2,(H,16,17)/t9-/m0/s1. The molecule has 6 heteroatoms. The van der Waals surface area contributed by atoms with Crippen molar-refractivity contribution in [1.29, 1.82) is 0 Å². The lowest BCUT2D eigenvalue weighted by Gasteiger charge is -2.32. The number of carbonyl (C=O) groups is 2. The number of aliphatic carboxylic acids is 1. The molecule has 1 atom stereocenters. The molecular formula is C13H16ClNO4. The Morgan fingerprint density at radius 3 is 2.89 bits per heavy atom. The second-order valence-electron chi connectivity index (χ2n) is 4.80. The zero-order valence-corrected chi connectivity index (χ0v) is 11.2. The first-order valence-electron chi connectivity index (χ1n) is 6.32. The number of carboxylic acid groups (broad SMARTS) is 1. The highest BCUT2D eigenvalue weighted by Gasteiger charge is 2.26. The number of furan rings is 1. The van der Waals surface area contributed by atoms with Gasteiger partial charge in [-0.25, -0.2) is 0 Å². The van der Waals surface area contributed by atoms with Crippen LogP contribution in [0.1, 0.15) is 36.2 Å². The highest BCUT2D eigenvalue weighted by Crippen LogP contribution is 2.23. The van der Waals surface area contributed by atoms with Crippen LogP contribution in [0.3, 0.4) is 0 Å². The average molecular weight is 286 g/mol. The summed E-state index contributed by atoms with van der Waals surface area (Å²) < 4.78 is 5.11. The smallest absolute Gasteiger partial charge is 0.303 e. The van der Waals surface area contributed by atoms with Crippen LogP contribution >= 0.6 is 11.6 Å². The maximum atomic E-state index is 12.2. The molecule has 1 aromatic rings. The fraction of sp³-hybridized carbons (Fsp3) is 0.538. The van der Waals surface area contributed by atoms with Crippen molar-refractivity contribution >= 4 is 23.5 Å². The number of piperidine rings is 1. The van der Waals surface area contributed by atoms with E-state index in [1.807, 2.05) is 0 Å². The third kappa shape index (κ3) is 3.73. The molecule has 2 rings (SSSR count). The first kappa shape index (κ1) is 13.9. The van der Waals surface area contributed by atoms with E-state index in [1.165, 1.54) is 0 Å². The first-order chi connectivity index (χ1) is 9.06. The molecule has 1 aliphatic rings. The van der Waals surface area contributed by atoms with E-state index in [0.717, 1.165) is 12.8 Å². The molecule has 19 heavy (non-hydrogen) atoms. The van der Waals surface area contributed by atoms with E-state index >= 15 is 0 Å². The molecule has 5 nitrogen and oxygen atoms in total. The number of amides is 1. The van der Waals surface area contributed by atoms with Gasteiger partial charge < -0.3 is 14.4 Å². The summed E-state index contributed by atoms with van der Waals surface area (Å²) in [6.07, 6.45) is 2.62. The molecule has 104 valence electrons. The van der Waals surface area contributed by atoms with E-state index in [4.69, 9.17) is 21.1 Å². The molecule has 2 heterocycles. The van der Waals surface area contributed by atoms with Gasteiger partial charge in [0, 0.05) is 19.5 Å². The fourth-order valence-corrected chi connectivity index (χ4v) is 2.54. The number of hydrogen-bond donors (Lipinski definition) is 1. The minimum absolute atomic E-state index is 0.152. The zero-order valence-electron chi connectivity index (χ0n) is 10.5. The first-order valence-corrected chi connectivity index (χ1v) is 6.70. The van der Waals surface area contributed by atoms with Crippen LogP contribution in [-0.4, -0.2) is 35.0 Å². The summed E-state index contributed by atoms with van der Waals surface area (Å²) in [5, 5.41) is 8.89. The molecule has 0 bridgehead atoms. The van der Waals surface area contributed by atoms with Gasteiger partial charge in [0.2, 0.25) is 0 Å². The van der Waals surface area contributed by atoms with Crippen LogP contribution in [0, 0.1) is 5.92 Å². The quantitative estimate of drug-likeness (QED) is 0.923. The van der Waals surface area contributed by atoms with E-state index in [2.05, 4.69) is 0 Å². The number of rotatable bonds is 4. The maximum absolute atomic E-state index is 12.2. The maximum Gasteiger partial charge on any atom is 0.303 e. The van der Waals surface area contributed by atoms with Crippen molar-refractivity contribution in [1.82, 2.24) is 4.90 Å². The Morgan fingerprint density at radius 1 is 1.47 bits per heavy atom. The van der Waals surface area contributed by atoms with Gasteiger partial charge in [-0.15, -0.1) is 0 Å². The van der Waals surface area contributed by atoms with E-state index in [9.17, 15) is 9.59 Å². The Morgan fingerprint density at radius 2 is 2.26 bits per heavy atom. The lowest BCUT2D eigenvalue weighted by Crippen LogP contribution is -2.39. The van der Waals surface area contributed by atoms with Gasteiger partial charge in [0.25, 0.3) is 5.91 Å². The Hall–Kier alpha value is -1.49. The summed E-state index contributed by atoms with van der Waals surface area (Å²) in [5.74, 6) is -0.476. The van der Waals surface area contributed by atoms with E-state index in [1.54, 1.807) is 17.0 Å². The predicted molar refractivity (Wildman–Crippen MR) is 69.2 cm³/mol. The minimum Gasteiger partial charge on any atom is -0.481 e. The summed E-state index contributed by atoms with van der Waals surface area (Å²) in [5.41, 5.74) is 0. The van der Waals surface area contributed by atoms with Crippen molar-refractivity contribution in [2.24, 2.45) is 5.92 Å². The molecule has 0 unspecified atom stereocenters. The molecule has 0 spiro atoms. The monoisotopic (exact) mass is 285 g/mol. The topological polar surface area (TPSA) is 70.8 Å². The number of hydrogen-bond acceptors (Lipinski definition) is 3. The third-order valence-corrected chi connectivity index (χ3v) is 3.56. The number of nitrogens with zero attached hydrogens (tertiary/aromatic N) is 1. The molecule has 0 aliphatic carbocycles. The number of halogens is 1. The Bertz CT molecular complexity index is 471. The van der Waals surface area contributed by atoms with Gasteiger partial charge >= 0.3 is 5.97 Å².